The molecule has 0 aliphatic rings. The molecule has 2 aromatic rings. The van der Waals surface area contributed by atoms with E-state index in [1.54, 1.807) is 0 Å². The fraction of sp³-hybridized carbons (Fsp3) is 0.333. The van der Waals surface area contributed by atoms with E-state index in [9.17, 15) is 0 Å². The molecule has 0 aromatic heterocycles. The average molecular weight is 269 g/mol. The minimum Gasteiger partial charge on any atom is -0.491 e. The van der Waals surface area contributed by atoms with Gasteiger partial charge in [0.2, 0.25) is 0 Å². The van der Waals surface area contributed by atoms with E-state index in [1.807, 2.05) is 30.3 Å². The summed E-state index contributed by atoms with van der Waals surface area (Å²) in [7, 11) is 0. The molecule has 0 bridgehead atoms. The summed E-state index contributed by atoms with van der Waals surface area (Å²) >= 11 is 0. The van der Waals surface area contributed by atoms with Crippen molar-refractivity contribution in [3.63, 3.8) is 0 Å². The minimum atomic E-state index is -0.101. The van der Waals surface area contributed by atoms with Crippen molar-refractivity contribution in [1.29, 1.82) is 0 Å². The molecule has 0 spiro atoms. The number of rotatable bonds is 5. The maximum atomic E-state index is 6.24. The Hall–Kier alpha value is -1.80. The summed E-state index contributed by atoms with van der Waals surface area (Å²) in [5.74, 6) is 1.38. The molecule has 1 atom stereocenters. The maximum Gasteiger partial charge on any atom is 0.122 e. The van der Waals surface area contributed by atoms with Gasteiger partial charge in [-0.2, -0.15) is 0 Å². The zero-order valence-corrected chi connectivity index (χ0v) is 12.5. The number of aryl methyl sites for hydroxylation is 1. The van der Waals surface area contributed by atoms with Crippen molar-refractivity contribution in [1.82, 2.24) is 0 Å². The lowest BCUT2D eigenvalue weighted by Gasteiger charge is -2.18. The Kier molecular flexibility index (Phi) is 4.80. The van der Waals surface area contributed by atoms with E-state index in [0.29, 0.717) is 12.5 Å². The fourth-order valence-corrected chi connectivity index (χ4v) is 2.36. The molecule has 0 heterocycles. The van der Waals surface area contributed by atoms with Crippen molar-refractivity contribution in [3.8, 4) is 5.75 Å². The van der Waals surface area contributed by atoms with E-state index < -0.39 is 0 Å². The largest absolute Gasteiger partial charge is 0.491 e. The number of para-hydroxylation sites is 1. The lowest BCUT2D eigenvalue weighted by Crippen LogP contribution is -2.20. The van der Waals surface area contributed by atoms with Crippen LogP contribution in [0.25, 0.3) is 0 Å². The number of ether oxygens (including phenoxy) is 1. The summed E-state index contributed by atoms with van der Waals surface area (Å²) in [6.45, 7) is 6.92. The second-order valence-corrected chi connectivity index (χ2v) is 5.47. The van der Waals surface area contributed by atoms with Gasteiger partial charge in [0.1, 0.15) is 12.4 Å². The molecule has 0 saturated heterocycles. The van der Waals surface area contributed by atoms with Crippen LogP contribution < -0.4 is 10.5 Å². The third-order valence-corrected chi connectivity index (χ3v) is 3.55. The zero-order valence-electron chi connectivity index (χ0n) is 12.5. The molecular formula is C18H23NO. The van der Waals surface area contributed by atoms with Crippen molar-refractivity contribution in [2.24, 2.45) is 5.73 Å². The lowest BCUT2D eigenvalue weighted by atomic mass is 10.0. The molecule has 2 N–H and O–H groups in total. The van der Waals surface area contributed by atoms with E-state index in [-0.39, 0.29) is 6.04 Å². The molecule has 2 nitrogen and oxygen atoms in total. The van der Waals surface area contributed by atoms with Crippen molar-refractivity contribution in [3.05, 3.63) is 65.2 Å². The highest BCUT2D eigenvalue weighted by Crippen LogP contribution is 2.27. The highest BCUT2D eigenvalue weighted by molar-refractivity contribution is 5.36. The van der Waals surface area contributed by atoms with Crippen LogP contribution in [0.15, 0.2) is 48.5 Å². The van der Waals surface area contributed by atoms with Crippen LogP contribution in [-0.4, -0.2) is 6.61 Å². The fourth-order valence-electron chi connectivity index (χ4n) is 2.36. The predicted molar refractivity (Wildman–Crippen MR) is 84.1 cm³/mol. The Balaban J connectivity index is 2.08. The van der Waals surface area contributed by atoms with E-state index in [4.69, 9.17) is 10.5 Å². The molecule has 0 aliphatic carbocycles. The van der Waals surface area contributed by atoms with Crippen LogP contribution in [0.1, 0.15) is 42.5 Å². The lowest BCUT2D eigenvalue weighted by molar-refractivity contribution is 0.286. The van der Waals surface area contributed by atoms with Crippen LogP contribution in [0.5, 0.6) is 5.75 Å². The number of hydrogen-bond acceptors (Lipinski definition) is 2. The highest BCUT2D eigenvalue weighted by atomic mass is 16.5. The first-order chi connectivity index (χ1) is 9.59. The monoisotopic (exact) mass is 269 g/mol. The SMILES string of the molecule is Cc1ccccc1C(N)COc1ccccc1C(C)C. The third kappa shape index (κ3) is 3.40. The van der Waals surface area contributed by atoms with Gasteiger partial charge in [-0.25, -0.2) is 0 Å². The van der Waals surface area contributed by atoms with Gasteiger partial charge < -0.3 is 10.5 Å². The quantitative estimate of drug-likeness (QED) is 0.883. The molecule has 0 radical (unpaired) electrons. The van der Waals surface area contributed by atoms with Crippen LogP contribution >= 0.6 is 0 Å². The third-order valence-electron chi connectivity index (χ3n) is 3.55. The second-order valence-electron chi connectivity index (χ2n) is 5.47. The van der Waals surface area contributed by atoms with Gasteiger partial charge in [0.25, 0.3) is 0 Å². The normalized spacial score (nSPS) is 12.4. The first kappa shape index (κ1) is 14.6. The highest BCUT2D eigenvalue weighted by Gasteiger charge is 2.11. The van der Waals surface area contributed by atoms with Crippen LogP contribution in [-0.2, 0) is 0 Å². The van der Waals surface area contributed by atoms with E-state index in [1.165, 1.54) is 11.1 Å². The summed E-state index contributed by atoms with van der Waals surface area (Å²) in [5, 5.41) is 0. The van der Waals surface area contributed by atoms with Gasteiger partial charge >= 0.3 is 0 Å². The van der Waals surface area contributed by atoms with Gasteiger partial charge in [-0.15, -0.1) is 0 Å². The molecule has 20 heavy (non-hydrogen) atoms. The summed E-state index contributed by atoms with van der Waals surface area (Å²) in [5.41, 5.74) is 9.83. The second kappa shape index (κ2) is 6.58. The van der Waals surface area contributed by atoms with E-state index >= 15 is 0 Å². The Bertz CT molecular complexity index is 563. The average Bonchev–Trinajstić information content (AvgIpc) is 2.45. The van der Waals surface area contributed by atoms with Crippen molar-refractivity contribution in [2.75, 3.05) is 6.61 Å². The van der Waals surface area contributed by atoms with Gasteiger partial charge in [-0.3, -0.25) is 0 Å². The number of benzene rings is 2. The Labute approximate surface area is 121 Å². The molecule has 2 rings (SSSR count). The van der Waals surface area contributed by atoms with E-state index in [2.05, 4.69) is 39.0 Å². The van der Waals surface area contributed by atoms with E-state index in [0.717, 1.165) is 11.3 Å². The van der Waals surface area contributed by atoms with Crippen LogP contribution in [0.4, 0.5) is 0 Å². The van der Waals surface area contributed by atoms with Crippen LogP contribution in [0.2, 0.25) is 0 Å². The molecule has 0 aliphatic heterocycles. The summed E-state index contributed by atoms with van der Waals surface area (Å²) < 4.78 is 5.94. The van der Waals surface area contributed by atoms with Gasteiger partial charge in [-0.05, 0) is 35.6 Å². The van der Waals surface area contributed by atoms with Gasteiger partial charge in [-0.1, -0.05) is 56.3 Å². The van der Waals surface area contributed by atoms with Crippen molar-refractivity contribution in [2.45, 2.75) is 32.7 Å². The van der Waals surface area contributed by atoms with Gasteiger partial charge in [0.15, 0.2) is 0 Å². The molecule has 106 valence electrons. The zero-order chi connectivity index (χ0) is 14.5. The Morgan fingerprint density at radius 3 is 2.20 bits per heavy atom. The Morgan fingerprint density at radius 2 is 1.55 bits per heavy atom. The van der Waals surface area contributed by atoms with Crippen LogP contribution in [0.3, 0.4) is 0 Å². The molecule has 2 aromatic carbocycles. The number of nitrogens with two attached hydrogens (primary N) is 1. The topological polar surface area (TPSA) is 35.2 Å². The van der Waals surface area contributed by atoms with Gasteiger partial charge in [0.05, 0.1) is 6.04 Å². The smallest absolute Gasteiger partial charge is 0.122 e. The van der Waals surface area contributed by atoms with Crippen LogP contribution in [0, 0.1) is 6.92 Å². The summed E-state index contributed by atoms with van der Waals surface area (Å²) in [6, 6.07) is 16.3. The molecule has 0 fully saturated rings. The summed E-state index contributed by atoms with van der Waals surface area (Å²) in [4.78, 5) is 0. The molecule has 1 unspecified atom stereocenters. The Morgan fingerprint density at radius 1 is 0.950 bits per heavy atom. The maximum absolute atomic E-state index is 6.24. The first-order valence-corrected chi connectivity index (χ1v) is 7.12. The molecule has 0 amide bonds. The number of hydrogen-bond donors (Lipinski definition) is 1. The van der Waals surface area contributed by atoms with Gasteiger partial charge in [0, 0.05) is 0 Å². The molecule has 0 saturated carbocycles. The van der Waals surface area contributed by atoms with Crippen molar-refractivity contribution < 1.29 is 4.74 Å². The predicted octanol–water partition coefficient (Wildman–Crippen LogP) is 4.20. The molecule has 2 heteroatoms. The molecular weight excluding hydrogens is 246 g/mol. The van der Waals surface area contributed by atoms with Crippen molar-refractivity contribution >= 4 is 0 Å². The summed E-state index contributed by atoms with van der Waals surface area (Å²) in [6.07, 6.45) is 0. The first-order valence-electron chi connectivity index (χ1n) is 7.12. The minimum absolute atomic E-state index is 0.101. The standard InChI is InChI=1S/C18H23NO/c1-13(2)15-9-6-7-11-18(15)20-12-17(19)16-10-5-4-8-14(16)3/h4-11,13,17H,12,19H2,1-3H3.